The average Bonchev–Trinajstić information content (AvgIpc) is 2.94. The number of allylic oxidation sites excluding steroid dienone is 2. The largest absolute Gasteiger partial charge is 0.370 e. The standard InChI is InChI=1S/C13H24O/c1-3-5-7-9-11-13(12-14-13)10-8-6-4-2/h3,5H,4,6-12H2,1-2H3/b5-3-. The smallest absolute Gasteiger partial charge is 0.0916 e. The van der Waals surface area contributed by atoms with E-state index in [2.05, 4.69) is 26.0 Å². The zero-order valence-corrected chi connectivity index (χ0v) is 9.72. The van der Waals surface area contributed by atoms with Gasteiger partial charge in [0.2, 0.25) is 0 Å². The molecular formula is C13H24O. The lowest BCUT2D eigenvalue weighted by Crippen LogP contribution is -2.10. The van der Waals surface area contributed by atoms with Crippen LogP contribution in [-0.4, -0.2) is 12.2 Å². The van der Waals surface area contributed by atoms with Crippen molar-refractivity contribution in [1.82, 2.24) is 0 Å². The Bertz CT molecular complexity index is 168. The van der Waals surface area contributed by atoms with E-state index in [0.29, 0.717) is 5.60 Å². The van der Waals surface area contributed by atoms with Gasteiger partial charge in [0.1, 0.15) is 0 Å². The molecule has 1 aliphatic rings. The van der Waals surface area contributed by atoms with Crippen molar-refractivity contribution in [3.05, 3.63) is 12.2 Å². The Balaban J connectivity index is 2.03. The predicted octanol–water partition coefficient (Wildman–Crippen LogP) is 4.08. The third-order valence-electron chi connectivity index (χ3n) is 3.03. The molecule has 0 aliphatic carbocycles. The molecule has 14 heavy (non-hydrogen) atoms. The molecule has 82 valence electrons. The highest BCUT2D eigenvalue weighted by Crippen LogP contribution is 2.37. The van der Waals surface area contributed by atoms with Crippen molar-refractivity contribution in [3.63, 3.8) is 0 Å². The fourth-order valence-corrected chi connectivity index (χ4v) is 1.92. The maximum Gasteiger partial charge on any atom is 0.0916 e. The molecule has 0 bridgehead atoms. The van der Waals surface area contributed by atoms with Crippen molar-refractivity contribution in [2.24, 2.45) is 0 Å². The first kappa shape index (κ1) is 11.8. The van der Waals surface area contributed by atoms with E-state index in [4.69, 9.17) is 4.74 Å². The summed E-state index contributed by atoms with van der Waals surface area (Å²) in [4.78, 5) is 0. The molecule has 1 aliphatic heterocycles. The Hall–Kier alpha value is -0.300. The van der Waals surface area contributed by atoms with Gasteiger partial charge in [-0.05, 0) is 32.6 Å². The summed E-state index contributed by atoms with van der Waals surface area (Å²) in [5.74, 6) is 0. The van der Waals surface area contributed by atoms with Crippen molar-refractivity contribution >= 4 is 0 Å². The molecule has 1 rings (SSSR count). The van der Waals surface area contributed by atoms with Crippen molar-refractivity contribution in [1.29, 1.82) is 0 Å². The summed E-state index contributed by atoms with van der Waals surface area (Å²) in [6, 6.07) is 0. The molecular weight excluding hydrogens is 172 g/mol. The third kappa shape index (κ3) is 4.28. The van der Waals surface area contributed by atoms with Crippen LogP contribution in [0, 0.1) is 0 Å². The van der Waals surface area contributed by atoms with Gasteiger partial charge in [0.05, 0.1) is 12.2 Å². The van der Waals surface area contributed by atoms with E-state index in [1.807, 2.05) is 0 Å². The summed E-state index contributed by atoms with van der Waals surface area (Å²) in [6.07, 6.45) is 13.5. The molecule has 1 saturated heterocycles. The quantitative estimate of drug-likeness (QED) is 0.324. The molecule has 0 spiro atoms. The molecule has 1 nitrogen and oxygen atoms in total. The number of epoxide rings is 1. The second kappa shape index (κ2) is 6.23. The van der Waals surface area contributed by atoms with Crippen LogP contribution in [0.4, 0.5) is 0 Å². The van der Waals surface area contributed by atoms with Crippen molar-refractivity contribution in [2.45, 2.75) is 64.4 Å². The molecule has 1 unspecified atom stereocenters. The van der Waals surface area contributed by atoms with Crippen LogP contribution in [0.5, 0.6) is 0 Å². The number of rotatable bonds is 8. The fourth-order valence-electron chi connectivity index (χ4n) is 1.92. The zero-order chi connectivity index (χ0) is 10.3. The van der Waals surface area contributed by atoms with Crippen LogP contribution < -0.4 is 0 Å². The minimum Gasteiger partial charge on any atom is -0.370 e. The van der Waals surface area contributed by atoms with Crippen LogP contribution in [0.3, 0.4) is 0 Å². The second-order valence-electron chi connectivity index (χ2n) is 4.39. The van der Waals surface area contributed by atoms with Gasteiger partial charge in [-0.1, -0.05) is 38.3 Å². The number of hydrogen-bond acceptors (Lipinski definition) is 1. The van der Waals surface area contributed by atoms with E-state index >= 15 is 0 Å². The Morgan fingerprint density at radius 1 is 1.21 bits per heavy atom. The van der Waals surface area contributed by atoms with Gasteiger partial charge in [-0.3, -0.25) is 0 Å². The Labute approximate surface area is 88.5 Å². The maximum atomic E-state index is 5.60. The van der Waals surface area contributed by atoms with Gasteiger partial charge in [0, 0.05) is 0 Å². The molecule has 1 atom stereocenters. The van der Waals surface area contributed by atoms with Crippen LogP contribution >= 0.6 is 0 Å². The summed E-state index contributed by atoms with van der Waals surface area (Å²) in [6.45, 7) is 5.36. The SMILES string of the molecule is C/C=C\CCCC1(CCCCC)CO1. The van der Waals surface area contributed by atoms with E-state index in [1.165, 1.54) is 44.9 Å². The Kier molecular flexibility index (Phi) is 5.24. The van der Waals surface area contributed by atoms with Gasteiger partial charge in [-0.15, -0.1) is 0 Å². The molecule has 1 heterocycles. The van der Waals surface area contributed by atoms with E-state index in [-0.39, 0.29) is 0 Å². The third-order valence-corrected chi connectivity index (χ3v) is 3.03. The molecule has 0 aromatic carbocycles. The minimum atomic E-state index is 0.316. The molecule has 0 aromatic heterocycles. The number of hydrogen-bond donors (Lipinski definition) is 0. The van der Waals surface area contributed by atoms with Gasteiger partial charge < -0.3 is 4.74 Å². The van der Waals surface area contributed by atoms with Crippen molar-refractivity contribution in [3.8, 4) is 0 Å². The van der Waals surface area contributed by atoms with Crippen LogP contribution in [0.1, 0.15) is 58.8 Å². The molecule has 1 heteroatoms. The normalized spacial score (nSPS) is 25.9. The van der Waals surface area contributed by atoms with Crippen LogP contribution in [0.25, 0.3) is 0 Å². The first-order valence-corrected chi connectivity index (χ1v) is 6.08. The van der Waals surface area contributed by atoms with E-state index < -0.39 is 0 Å². The minimum absolute atomic E-state index is 0.316. The zero-order valence-electron chi connectivity index (χ0n) is 9.72. The lowest BCUT2D eigenvalue weighted by molar-refractivity contribution is 0.264. The molecule has 0 N–H and O–H groups in total. The highest BCUT2D eigenvalue weighted by atomic mass is 16.6. The Morgan fingerprint density at radius 2 is 1.93 bits per heavy atom. The maximum absolute atomic E-state index is 5.60. The lowest BCUT2D eigenvalue weighted by Gasteiger charge is -2.10. The van der Waals surface area contributed by atoms with E-state index in [1.54, 1.807) is 0 Å². The summed E-state index contributed by atoms with van der Waals surface area (Å²) < 4.78 is 5.60. The summed E-state index contributed by atoms with van der Waals surface area (Å²) in [7, 11) is 0. The van der Waals surface area contributed by atoms with Crippen LogP contribution in [-0.2, 0) is 4.74 Å². The molecule has 0 amide bonds. The molecule has 0 saturated carbocycles. The average molecular weight is 196 g/mol. The first-order chi connectivity index (χ1) is 6.83. The van der Waals surface area contributed by atoms with Crippen LogP contribution in [0.15, 0.2) is 12.2 Å². The fraction of sp³-hybridized carbons (Fsp3) is 0.846. The van der Waals surface area contributed by atoms with Gasteiger partial charge in [-0.2, -0.15) is 0 Å². The topological polar surface area (TPSA) is 12.5 Å². The van der Waals surface area contributed by atoms with Gasteiger partial charge in [0.15, 0.2) is 0 Å². The van der Waals surface area contributed by atoms with E-state index in [9.17, 15) is 0 Å². The predicted molar refractivity (Wildman–Crippen MR) is 61.5 cm³/mol. The molecule has 0 radical (unpaired) electrons. The lowest BCUT2D eigenvalue weighted by atomic mass is 9.96. The highest BCUT2D eigenvalue weighted by molar-refractivity contribution is 4.92. The summed E-state index contributed by atoms with van der Waals surface area (Å²) >= 11 is 0. The van der Waals surface area contributed by atoms with Crippen molar-refractivity contribution < 1.29 is 4.74 Å². The van der Waals surface area contributed by atoms with Crippen LogP contribution in [0.2, 0.25) is 0 Å². The first-order valence-electron chi connectivity index (χ1n) is 6.08. The van der Waals surface area contributed by atoms with Gasteiger partial charge in [-0.25, -0.2) is 0 Å². The van der Waals surface area contributed by atoms with Crippen molar-refractivity contribution in [2.75, 3.05) is 6.61 Å². The number of unbranched alkanes of at least 4 members (excludes halogenated alkanes) is 3. The summed E-state index contributed by atoms with van der Waals surface area (Å²) in [5.41, 5.74) is 0.316. The van der Waals surface area contributed by atoms with Gasteiger partial charge in [0.25, 0.3) is 0 Å². The molecule has 1 fully saturated rings. The second-order valence-corrected chi connectivity index (χ2v) is 4.39. The monoisotopic (exact) mass is 196 g/mol. The summed E-state index contributed by atoms with van der Waals surface area (Å²) in [5, 5.41) is 0. The Morgan fingerprint density at radius 3 is 2.50 bits per heavy atom. The number of ether oxygens (including phenoxy) is 1. The van der Waals surface area contributed by atoms with E-state index in [0.717, 1.165) is 6.61 Å². The highest BCUT2D eigenvalue weighted by Gasteiger charge is 2.42. The van der Waals surface area contributed by atoms with Gasteiger partial charge >= 0.3 is 0 Å². The molecule has 0 aromatic rings.